The van der Waals surface area contributed by atoms with E-state index in [0.29, 0.717) is 39.2 Å². The van der Waals surface area contributed by atoms with Gasteiger partial charge in [0.1, 0.15) is 22.9 Å². The standard InChI is InChI=1S/C28H22ClFN8O3S/c1-14-12-38(35-34-14)28(40)36-7-5-15-6-8-41-25-18(27(39)37(15)13-16(36)10-31)9-20(30)23(24(25)29)17-3-2-4-21-22(17)19(11-32)26(33)42-21/h2-4,9,12,15-16H,5-8,13,33H2,1H3/t15?,16-/m1/s1. The fourth-order valence-electron chi connectivity index (χ4n) is 5.58. The number of nitrogen functional groups attached to an aromatic ring is 1. The first kappa shape index (κ1) is 27.4. The van der Waals surface area contributed by atoms with Gasteiger partial charge in [-0.3, -0.25) is 4.79 Å². The summed E-state index contributed by atoms with van der Waals surface area (Å²) < 4.78 is 23.7. The SMILES string of the molecule is Cc1cn(C(=O)N2CCC3CCOc4c(cc(F)c(-c5cccc6sc(N)c(C#N)c56)c4Cl)C(=O)N3C[C@H]2C#N)nn1. The maximum absolute atomic E-state index is 16.0. The molecule has 0 saturated carbocycles. The normalized spacial score (nSPS) is 18.6. The Bertz CT molecular complexity index is 1860. The van der Waals surface area contributed by atoms with Crippen molar-refractivity contribution in [2.75, 3.05) is 25.4 Å². The van der Waals surface area contributed by atoms with Gasteiger partial charge in [-0.15, -0.1) is 16.4 Å². The summed E-state index contributed by atoms with van der Waals surface area (Å²) in [7, 11) is 0. The molecular formula is C28H22ClFN8O3S. The first-order valence-corrected chi connectivity index (χ1v) is 14.2. The molecule has 2 aromatic carbocycles. The van der Waals surface area contributed by atoms with Gasteiger partial charge in [-0.25, -0.2) is 9.18 Å². The van der Waals surface area contributed by atoms with Crippen LogP contribution in [-0.2, 0) is 0 Å². The van der Waals surface area contributed by atoms with Crippen molar-refractivity contribution in [1.82, 2.24) is 24.8 Å². The van der Waals surface area contributed by atoms with E-state index in [-0.39, 0.29) is 53.2 Å². The quantitative estimate of drug-likeness (QED) is 0.331. The zero-order valence-corrected chi connectivity index (χ0v) is 23.7. The largest absolute Gasteiger partial charge is 0.491 e. The fourth-order valence-corrected chi connectivity index (χ4v) is 6.88. The number of anilines is 1. The molecule has 1 fully saturated rings. The summed E-state index contributed by atoms with van der Waals surface area (Å²) in [6.07, 6.45) is 2.23. The lowest BCUT2D eigenvalue weighted by Crippen LogP contribution is -2.48. The van der Waals surface area contributed by atoms with Gasteiger partial charge in [0.15, 0.2) is 5.75 Å². The fraction of sp³-hybridized carbons (Fsp3) is 0.286. The summed E-state index contributed by atoms with van der Waals surface area (Å²) >= 11 is 8.00. The highest BCUT2D eigenvalue weighted by atomic mass is 35.5. The molecule has 42 heavy (non-hydrogen) atoms. The number of thiophene rings is 1. The summed E-state index contributed by atoms with van der Waals surface area (Å²) in [5.74, 6) is -1.33. The monoisotopic (exact) mass is 604 g/mol. The maximum Gasteiger partial charge on any atom is 0.347 e. The van der Waals surface area contributed by atoms with Crippen LogP contribution in [0, 0.1) is 35.4 Å². The molecule has 0 bridgehead atoms. The maximum atomic E-state index is 16.0. The van der Waals surface area contributed by atoms with Crippen molar-refractivity contribution < 1.29 is 18.7 Å². The minimum Gasteiger partial charge on any atom is -0.491 e. The van der Waals surface area contributed by atoms with Crippen molar-refractivity contribution >= 4 is 50.0 Å². The molecule has 14 heteroatoms. The van der Waals surface area contributed by atoms with Crippen LogP contribution in [0.5, 0.6) is 5.75 Å². The Hall–Kier alpha value is -4.72. The average Bonchev–Trinajstić information content (AvgIpc) is 3.49. The molecule has 1 unspecified atom stereocenters. The van der Waals surface area contributed by atoms with Crippen LogP contribution >= 0.6 is 22.9 Å². The molecule has 11 nitrogen and oxygen atoms in total. The van der Waals surface area contributed by atoms with Crippen LogP contribution in [0.4, 0.5) is 14.2 Å². The summed E-state index contributed by atoms with van der Waals surface area (Å²) in [5, 5.41) is 28.1. The highest BCUT2D eigenvalue weighted by Crippen LogP contribution is 2.46. The lowest BCUT2D eigenvalue weighted by Gasteiger charge is -2.33. The van der Waals surface area contributed by atoms with E-state index in [1.807, 2.05) is 0 Å². The van der Waals surface area contributed by atoms with Crippen molar-refractivity contribution in [3.05, 3.63) is 58.1 Å². The molecule has 1 saturated heterocycles. The number of aromatic nitrogens is 3. The van der Waals surface area contributed by atoms with Crippen LogP contribution in [0.1, 0.15) is 34.5 Å². The van der Waals surface area contributed by atoms with Gasteiger partial charge in [0.25, 0.3) is 5.91 Å². The van der Waals surface area contributed by atoms with Crippen LogP contribution < -0.4 is 10.5 Å². The Morgan fingerprint density at radius 2 is 2.10 bits per heavy atom. The molecule has 212 valence electrons. The van der Waals surface area contributed by atoms with Crippen molar-refractivity contribution in [2.24, 2.45) is 0 Å². The number of hydrogen-bond donors (Lipinski definition) is 1. The minimum atomic E-state index is -0.981. The van der Waals surface area contributed by atoms with Crippen LogP contribution in [0.25, 0.3) is 21.2 Å². The number of fused-ring (bicyclic) bond motifs is 3. The van der Waals surface area contributed by atoms with E-state index in [1.165, 1.54) is 27.3 Å². The number of ether oxygens (including phenoxy) is 1. The van der Waals surface area contributed by atoms with Gasteiger partial charge in [-0.1, -0.05) is 28.9 Å². The van der Waals surface area contributed by atoms with Crippen molar-refractivity contribution in [3.63, 3.8) is 0 Å². The molecular weight excluding hydrogens is 583 g/mol. The predicted octanol–water partition coefficient (Wildman–Crippen LogP) is 4.57. The highest BCUT2D eigenvalue weighted by Gasteiger charge is 2.39. The second kappa shape index (κ2) is 10.6. The van der Waals surface area contributed by atoms with Gasteiger partial charge in [-0.2, -0.15) is 15.2 Å². The molecule has 0 aliphatic carbocycles. The minimum absolute atomic E-state index is 0.00842. The van der Waals surface area contributed by atoms with Gasteiger partial charge < -0.3 is 20.3 Å². The molecule has 2 N–H and O–H groups in total. The number of nitrogens with zero attached hydrogens (tertiary/aromatic N) is 7. The van der Waals surface area contributed by atoms with Crippen molar-refractivity contribution in [2.45, 2.75) is 31.8 Å². The van der Waals surface area contributed by atoms with E-state index in [2.05, 4.69) is 22.5 Å². The van der Waals surface area contributed by atoms with Gasteiger partial charge in [0.2, 0.25) is 0 Å². The number of nitrogens with two attached hydrogens (primary N) is 1. The lowest BCUT2D eigenvalue weighted by molar-refractivity contribution is 0.0622. The summed E-state index contributed by atoms with van der Waals surface area (Å²) in [6.45, 7) is 1.94. The third-order valence-corrected chi connectivity index (χ3v) is 8.92. The molecule has 6 rings (SSSR count). The first-order chi connectivity index (χ1) is 20.2. The molecule has 0 spiro atoms. The second-order valence-corrected chi connectivity index (χ2v) is 11.5. The van der Waals surface area contributed by atoms with Crippen LogP contribution in [0.3, 0.4) is 0 Å². The number of aryl methyl sites for hydroxylation is 1. The van der Waals surface area contributed by atoms with E-state index in [1.54, 1.807) is 25.1 Å². The van der Waals surface area contributed by atoms with Gasteiger partial charge in [0, 0.05) is 34.7 Å². The highest BCUT2D eigenvalue weighted by molar-refractivity contribution is 7.23. The van der Waals surface area contributed by atoms with E-state index in [4.69, 9.17) is 22.1 Å². The number of hydrogen-bond acceptors (Lipinski definition) is 9. The van der Waals surface area contributed by atoms with Crippen LogP contribution in [-0.4, -0.2) is 68.5 Å². The van der Waals surface area contributed by atoms with E-state index in [0.717, 1.165) is 10.7 Å². The molecule has 4 heterocycles. The first-order valence-electron chi connectivity index (χ1n) is 13.0. The number of halogens is 2. The molecule has 2 amide bonds. The number of amides is 2. The number of carbonyl (C=O) groups excluding carboxylic acids is 2. The topological polar surface area (TPSA) is 154 Å². The number of nitriles is 2. The Balaban J connectivity index is 1.41. The molecule has 2 aromatic heterocycles. The zero-order chi connectivity index (χ0) is 29.7. The summed E-state index contributed by atoms with van der Waals surface area (Å²) in [5.41, 5.74) is 7.08. The smallest absolute Gasteiger partial charge is 0.347 e. The van der Waals surface area contributed by atoms with Crippen LogP contribution in [0.2, 0.25) is 5.02 Å². The zero-order valence-electron chi connectivity index (χ0n) is 22.2. The molecule has 4 aromatic rings. The second-order valence-electron chi connectivity index (χ2n) is 10.0. The van der Waals surface area contributed by atoms with Crippen molar-refractivity contribution in [3.8, 4) is 29.0 Å². The van der Waals surface area contributed by atoms with E-state index < -0.39 is 23.8 Å². The predicted molar refractivity (Wildman–Crippen MR) is 153 cm³/mol. The lowest BCUT2D eigenvalue weighted by atomic mass is 9.96. The molecule has 2 aliphatic heterocycles. The van der Waals surface area contributed by atoms with E-state index in [9.17, 15) is 20.1 Å². The Morgan fingerprint density at radius 3 is 2.81 bits per heavy atom. The summed E-state index contributed by atoms with van der Waals surface area (Å²) in [4.78, 5) is 30.0. The third-order valence-electron chi connectivity index (χ3n) is 7.57. The Kier molecular flexibility index (Phi) is 6.93. The van der Waals surface area contributed by atoms with Gasteiger partial charge >= 0.3 is 6.03 Å². The molecule has 2 atom stereocenters. The summed E-state index contributed by atoms with van der Waals surface area (Å²) in [6, 6.07) is 8.55. The number of benzene rings is 2. The van der Waals surface area contributed by atoms with Crippen molar-refractivity contribution in [1.29, 1.82) is 10.5 Å². The molecule has 2 aliphatic rings. The Morgan fingerprint density at radius 1 is 1.29 bits per heavy atom. The van der Waals surface area contributed by atoms with Gasteiger partial charge in [-0.05, 0) is 31.0 Å². The average molecular weight is 605 g/mol. The van der Waals surface area contributed by atoms with E-state index >= 15 is 4.39 Å². The third kappa shape index (κ3) is 4.38. The number of carbonyl (C=O) groups is 2. The molecule has 0 radical (unpaired) electrons. The van der Waals surface area contributed by atoms with Crippen LogP contribution in [0.15, 0.2) is 30.5 Å². The van der Waals surface area contributed by atoms with Gasteiger partial charge in [0.05, 0.1) is 47.3 Å². The number of rotatable bonds is 1. The Labute approximate surface area is 248 Å².